The Morgan fingerprint density at radius 1 is 1.46 bits per heavy atom. The second kappa shape index (κ2) is 6.32. The Kier molecular flexibility index (Phi) is 4.36. The minimum atomic E-state index is -4.01. The van der Waals surface area contributed by atoms with Gasteiger partial charge in [-0.25, -0.2) is 12.8 Å². The number of nitrogens with zero attached hydrogens (tertiary/aromatic N) is 4. The van der Waals surface area contributed by atoms with E-state index in [9.17, 15) is 12.8 Å². The summed E-state index contributed by atoms with van der Waals surface area (Å²) in [7, 11) is -2.25. The average molecular weight is 350 g/mol. The third-order valence-corrected chi connectivity index (χ3v) is 5.70. The van der Waals surface area contributed by atoms with Crippen LogP contribution in [0.5, 0.6) is 0 Å². The number of morpholine rings is 1. The summed E-state index contributed by atoms with van der Waals surface area (Å²) in [5, 5.41) is 12.8. The van der Waals surface area contributed by atoms with Crippen molar-refractivity contribution >= 4 is 10.0 Å². The minimum Gasteiger partial charge on any atom is -0.371 e. The first-order chi connectivity index (χ1) is 11.4. The zero-order chi connectivity index (χ0) is 17.3. The summed E-state index contributed by atoms with van der Waals surface area (Å²) in [6.45, 7) is 0.419. The molecule has 9 heteroatoms. The third-order valence-electron chi connectivity index (χ3n) is 3.80. The molecule has 0 bridgehead atoms. The number of rotatable bonds is 3. The van der Waals surface area contributed by atoms with Crippen LogP contribution in [0.15, 0.2) is 35.5 Å². The van der Waals surface area contributed by atoms with E-state index < -0.39 is 26.8 Å². The molecule has 1 aliphatic rings. The SMILES string of the molecule is Cn1cc([C@H]2CN(S(=O)(=O)c3ccc(C#N)cc3F)CCO2)cn1. The predicted octanol–water partition coefficient (Wildman–Crippen LogP) is 1.19. The smallest absolute Gasteiger partial charge is 0.246 e. The van der Waals surface area contributed by atoms with Crippen LogP contribution in [-0.2, 0) is 21.8 Å². The average Bonchev–Trinajstić information content (AvgIpc) is 3.01. The van der Waals surface area contributed by atoms with Gasteiger partial charge in [-0.3, -0.25) is 4.68 Å². The Labute approximate surface area is 138 Å². The van der Waals surface area contributed by atoms with Crippen molar-refractivity contribution in [1.82, 2.24) is 14.1 Å². The van der Waals surface area contributed by atoms with Crippen LogP contribution in [-0.4, -0.2) is 42.2 Å². The maximum Gasteiger partial charge on any atom is 0.246 e. The van der Waals surface area contributed by atoms with Crippen molar-refractivity contribution in [1.29, 1.82) is 5.26 Å². The fraction of sp³-hybridized carbons (Fsp3) is 0.333. The number of hydrogen-bond acceptors (Lipinski definition) is 5. The van der Waals surface area contributed by atoms with Crippen molar-refractivity contribution in [2.75, 3.05) is 19.7 Å². The molecule has 1 aromatic carbocycles. The van der Waals surface area contributed by atoms with Gasteiger partial charge < -0.3 is 4.74 Å². The van der Waals surface area contributed by atoms with Crippen LogP contribution in [0.25, 0.3) is 0 Å². The molecule has 1 atom stereocenters. The summed E-state index contributed by atoms with van der Waals surface area (Å²) < 4.78 is 47.9. The highest BCUT2D eigenvalue weighted by Gasteiger charge is 2.33. The molecule has 2 heterocycles. The normalized spacial score (nSPS) is 19.1. The van der Waals surface area contributed by atoms with Crippen molar-refractivity contribution in [2.45, 2.75) is 11.0 Å². The molecule has 3 rings (SSSR count). The van der Waals surface area contributed by atoms with Crippen LogP contribution in [0, 0.1) is 17.1 Å². The van der Waals surface area contributed by atoms with Crippen LogP contribution in [0.2, 0.25) is 0 Å². The van der Waals surface area contributed by atoms with Crippen LogP contribution in [0.3, 0.4) is 0 Å². The van der Waals surface area contributed by atoms with Crippen molar-refractivity contribution in [2.24, 2.45) is 7.05 Å². The topological polar surface area (TPSA) is 88.2 Å². The first kappa shape index (κ1) is 16.6. The van der Waals surface area contributed by atoms with Gasteiger partial charge in [0.05, 0.1) is 30.5 Å². The molecule has 7 nitrogen and oxygen atoms in total. The summed E-state index contributed by atoms with van der Waals surface area (Å²) >= 11 is 0. The van der Waals surface area contributed by atoms with Gasteiger partial charge in [-0.1, -0.05) is 0 Å². The molecule has 1 saturated heterocycles. The Morgan fingerprint density at radius 2 is 2.25 bits per heavy atom. The molecule has 126 valence electrons. The molecule has 0 saturated carbocycles. The van der Waals surface area contributed by atoms with Crippen LogP contribution in [0.1, 0.15) is 17.2 Å². The van der Waals surface area contributed by atoms with E-state index in [0.29, 0.717) is 0 Å². The highest BCUT2D eigenvalue weighted by atomic mass is 32.2. The summed E-state index contributed by atoms with van der Waals surface area (Å²) in [4.78, 5) is -0.437. The Bertz CT molecular complexity index is 904. The Hall–Kier alpha value is -2.28. The van der Waals surface area contributed by atoms with Gasteiger partial charge in [0.15, 0.2) is 0 Å². The zero-order valence-electron chi connectivity index (χ0n) is 12.9. The first-order valence-corrected chi connectivity index (χ1v) is 8.66. The molecule has 0 N–H and O–H groups in total. The zero-order valence-corrected chi connectivity index (χ0v) is 13.7. The first-order valence-electron chi connectivity index (χ1n) is 7.22. The molecule has 2 aromatic rings. The van der Waals surface area contributed by atoms with Crippen LogP contribution in [0.4, 0.5) is 4.39 Å². The lowest BCUT2D eigenvalue weighted by Gasteiger charge is -2.31. The van der Waals surface area contributed by atoms with E-state index in [0.717, 1.165) is 17.7 Å². The predicted molar refractivity (Wildman–Crippen MR) is 81.8 cm³/mol. The van der Waals surface area contributed by atoms with E-state index in [4.69, 9.17) is 10.00 Å². The van der Waals surface area contributed by atoms with Gasteiger partial charge in [-0.05, 0) is 18.2 Å². The number of aryl methyl sites for hydroxylation is 1. The van der Waals surface area contributed by atoms with Gasteiger partial charge in [-0.2, -0.15) is 14.7 Å². The fourth-order valence-electron chi connectivity index (χ4n) is 2.57. The van der Waals surface area contributed by atoms with E-state index in [1.807, 2.05) is 0 Å². The monoisotopic (exact) mass is 350 g/mol. The molecule has 24 heavy (non-hydrogen) atoms. The van der Waals surface area contributed by atoms with E-state index in [-0.39, 0.29) is 25.3 Å². The maximum atomic E-state index is 14.1. The summed E-state index contributed by atoms with van der Waals surface area (Å²) in [5.74, 6) is -0.932. The largest absolute Gasteiger partial charge is 0.371 e. The molecule has 0 amide bonds. The van der Waals surface area contributed by atoms with E-state index in [1.54, 1.807) is 30.2 Å². The summed E-state index contributed by atoms with van der Waals surface area (Å²) in [5.41, 5.74) is 0.833. The third kappa shape index (κ3) is 3.03. The second-order valence-electron chi connectivity index (χ2n) is 5.43. The molecule has 1 aliphatic heterocycles. The van der Waals surface area contributed by atoms with Crippen molar-refractivity contribution in [3.8, 4) is 6.07 Å². The molecule has 0 radical (unpaired) electrons. The number of benzene rings is 1. The van der Waals surface area contributed by atoms with Crippen LogP contribution < -0.4 is 0 Å². The maximum absolute atomic E-state index is 14.1. The molecule has 1 aromatic heterocycles. The standard InChI is InChI=1S/C15H15FN4O3S/c1-19-9-12(8-18-19)14-10-20(4-5-23-14)24(21,22)15-3-2-11(7-17)6-13(15)16/h2-3,6,8-9,14H,4-5,10H2,1H3/t14-/m1/s1. The number of aromatic nitrogens is 2. The summed E-state index contributed by atoms with van der Waals surface area (Å²) in [6.07, 6.45) is 2.91. The lowest BCUT2D eigenvalue weighted by Crippen LogP contribution is -2.42. The van der Waals surface area contributed by atoms with Crippen LogP contribution >= 0.6 is 0 Å². The van der Waals surface area contributed by atoms with Crippen molar-refractivity contribution in [3.05, 3.63) is 47.5 Å². The van der Waals surface area contributed by atoms with Gasteiger partial charge in [0.1, 0.15) is 10.7 Å². The van der Waals surface area contributed by atoms with E-state index in [1.165, 1.54) is 10.4 Å². The Balaban J connectivity index is 1.88. The number of ether oxygens (including phenoxy) is 1. The van der Waals surface area contributed by atoms with Crippen molar-refractivity contribution < 1.29 is 17.5 Å². The molecule has 0 spiro atoms. The molecular weight excluding hydrogens is 335 g/mol. The van der Waals surface area contributed by atoms with Gasteiger partial charge in [0.25, 0.3) is 0 Å². The van der Waals surface area contributed by atoms with Gasteiger partial charge >= 0.3 is 0 Å². The molecule has 0 unspecified atom stereocenters. The second-order valence-corrected chi connectivity index (χ2v) is 7.33. The molecule has 0 aliphatic carbocycles. The minimum absolute atomic E-state index is 0.0710. The number of sulfonamides is 1. The molecule has 1 fully saturated rings. The number of hydrogen-bond donors (Lipinski definition) is 0. The fourth-order valence-corrected chi connectivity index (χ4v) is 4.04. The lowest BCUT2D eigenvalue weighted by atomic mass is 10.2. The highest BCUT2D eigenvalue weighted by Crippen LogP contribution is 2.27. The number of halogens is 1. The van der Waals surface area contributed by atoms with Gasteiger partial charge in [-0.15, -0.1) is 0 Å². The number of nitriles is 1. The summed E-state index contributed by atoms with van der Waals surface area (Å²) in [6, 6.07) is 5.11. The van der Waals surface area contributed by atoms with Crippen molar-refractivity contribution in [3.63, 3.8) is 0 Å². The van der Waals surface area contributed by atoms with E-state index >= 15 is 0 Å². The highest BCUT2D eigenvalue weighted by molar-refractivity contribution is 7.89. The van der Waals surface area contributed by atoms with Gasteiger partial charge in [0.2, 0.25) is 10.0 Å². The van der Waals surface area contributed by atoms with Gasteiger partial charge in [0, 0.05) is 31.9 Å². The van der Waals surface area contributed by atoms with E-state index in [2.05, 4.69) is 5.10 Å². The Morgan fingerprint density at radius 3 is 2.88 bits per heavy atom. The lowest BCUT2D eigenvalue weighted by molar-refractivity contribution is -0.00264. The molecular formula is C15H15FN4O3S. The quantitative estimate of drug-likeness (QED) is 0.830.